The molecule has 1 atom stereocenters. The molecule has 1 aromatic heterocycles. The predicted octanol–water partition coefficient (Wildman–Crippen LogP) is 0.968. The summed E-state index contributed by atoms with van der Waals surface area (Å²) in [6, 6.07) is -0.804. The van der Waals surface area contributed by atoms with Gasteiger partial charge in [-0.1, -0.05) is 13.8 Å². The van der Waals surface area contributed by atoms with E-state index in [9.17, 15) is 9.59 Å². The summed E-state index contributed by atoms with van der Waals surface area (Å²) in [7, 11) is 1.81. The fraction of sp³-hybridized carbons (Fsp3) is 0.615. The summed E-state index contributed by atoms with van der Waals surface area (Å²) in [6.07, 6.45) is 4.82. The monoisotopic (exact) mass is 267 g/mol. The average Bonchev–Trinajstić information content (AvgIpc) is 2.71. The molecule has 0 unspecified atom stereocenters. The molecule has 0 radical (unpaired) electrons. The highest BCUT2D eigenvalue weighted by atomic mass is 16.4. The second-order valence-electron chi connectivity index (χ2n) is 5.11. The molecule has 1 heterocycles. The van der Waals surface area contributed by atoms with Gasteiger partial charge in [-0.05, 0) is 24.3 Å². The van der Waals surface area contributed by atoms with Gasteiger partial charge in [0.2, 0.25) is 5.91 Å². The molecule has 6 nitrogen and oxygen atoms in total. The van der Waals surface area contributed by atoms with E-state index in [0.29, 0.717) is 12.8 Å². The van der Waals surface area contributed by atoms with Gasteiger partial charge in [0, 0.05) is 19.7 Å². The number of carbonyl (C=O) groups is 2. The molecule has 106 valence electrons. The van der Waals surface area contributed by atoms with Crippen LogP contribution >= 0.6 is 0 Å². The molecule has 0 aliphatic rings. The number of aliphatic carboxylic acids is 1. The van der Waals surface area contributed by atoms with Crippen LogP contribution in [-0.4, -0.2) is 32.8 Å². The summed E-state index contributed by atoms with van der Waals surface area (Å²) >= 11 is 0. The summed E-state index contributed by atoms with van der Waals surface area (Å²) in [4.78, 5) is 22.7. The van der Waals surface area contributed by atoms with Gasteiger partial charge in [-0.15, -0.1) is 0 Å². The molecule has 0 saturated carbocycles. The predicted molar refractivity (Wildman–Crippen MR) is 70.6 cm³/mol. The molecule has 2 N–H and O–H groups in total. The van der Waals surface area contributed by atoms with Crippen molar-refractivity contribution >= 4 is 11.9 Å². The van der Waals surface area contributed by atoms with Crippen molar-refractivity contribution < 1.29 is 14.7 Å². The second kappa shape index (κ2) is 6.92. The van der Waals surface area contributed by atoms with Gasteiger partial charge in [0.05, 0.1) is 6.20 Å². The van der Waals surface area contributed by atoms with Gasteiger partial charge < -0.3 is 10.4 Å². The Kier molecular flexibility index (Phi) is 5.54. The fourth-order valence-electron chi connectivity index (χ4n) is 1.82. The van der Waals surface area contributed by atoms with E-state index in [4.69, 9.17) is 5.11 Å². The molecule has 0 saturated heterocycles. The molecule has 0 aliphatic heterocycles. The summed E-state index contributed by atoms with van der Waals surface area (Å²) in [6.45, 7) is 3.86. The van der Waals surface area contributed by atoms with Crippen LogP contribution in [0.2, 0.25) is 0 Å². The Bertz CT molecular complexity index is 440. The molecule has 0 aromatic carbocycles. The van der Waals surface area contributed by atoms with Gasteiger partial charge in [0.15, 0.2) is 0 Å². The first-order valence-corrected chi connectivity index (χ1v) is 6.38. The molecule has 0 fully saturated rings. The maximum Gasteiger partial charge on any atom is 0.326 e. The first-order chi connectivity index (χ1) is 8.88. The van der Waals surface area contributed by atoms with Crippen LogP contribution in [0.1, 0.15) is 32.3 Å². The van der Waals surface area contributed by atoms with Crippen molar-refractivity contribution in [2.24, 2.45) is 13.0 Å². The summed E-state index contributed by atoms with van der Waals surface area (Å²) in [5.41, 5.74) is 0.966. The smallest absolute Gasteiger partial charge is 0.326 e. The third-order valence-corrected chi connectivity index (χ3v) is 2.74. The number of aromatic nitrogens is 2. The lowest BCUT2D eigenvalue weighted by molar-refractivity contribution is -0.142. The molecule has 19 heavy (non-hydrogen) atoms. The normalized spacial score (nSPS) is 12.4. The van der Waals surface area contributed by atoms with E-state index in [1.807, 2.05) is 27.1 Å². The highest BCUT2D eigenvalue weighted by Gasteiger charge is 2.20. The fourth-order valence-corrected chi connectivity index (χ4v) is 1.82. The topological polar surface area (TPSA) is 84.2 Å². The van der Waals surface area contributed by atoms with Crippen LogP contribution in [0.25, 0.3) is 0 Å². The number of nitrogens with one attached hydrogen (secondary N) is 1. The Labute approximate surface area is 112 Å². The van der Waals surface area contributed by atoms with Crippen molar-refractivity contribution in [1.29, 1.82) is 0 Å². The van der Waals surface area contributed by atoms with Crippen LogP contribution in [0.4, 0.5) is 0 Å². The zero-order chi connectivity index (χ0) is 14.4. The number of hydrogen-bond acceptors (Lipinski definition) is 3. The molecule has 0 aliphatic carbocycles. The molecule has 1 aromatic rings. The first kappa shape index (κ1) is 15.2. The Balaban J connectivity index is 2.42. The second-order valence-corrected chi connectivity index (χ2v) is 5.11. The van der Waals surface area contributed by atoms with E-state index in [-0.39, 0.29) is 18.2 Å². The number of aryl methyl sites for hydroxylation is 2. The van der Waals surface area contributed by atoms with Gasteiger partial charge in [0.25, 0.3) is 0 Å². The highest BCUT2D eigenvalue weighted by Crippen LogP contribution is 2.06. The van der Waals surface area contributed by atoms with E-state index in [1.54, 1.807) is 10.9 Å². The first-order valence-electron chi connectivity index (χ1n) is 6.38. The minimum atomic E-state index is -0.983. The maximum atomic E-state index is 11.7. The van der Waals surface area contributed by atoms with Crippen molar-refractivity contribution in [1.82, 2.24) is 15.1 Å². The van der Waals surface area contributed by atoms with Crippen molar-refractivity contribution in [3.8, 4) is 0 Å². The highest BCUT2D eigenvalue weighted by molar-refractivity contribution is 5.83. The number of nitrogens with zero attached hydrogens (tertiary/aromatic N) is 2. The Morgan fingerprint density at radius 1 is 1.47 bits per heavy atom. The van der Waals surface area contributed by atoms with Crippen LogP contribution in [0, 0.1) is 5.92 Å². The number of carboxylic acid groups (broad SMARTS) is 1. The Morgan fingerprint density at radius 3 is 2.63 bits per heavy atom. The lowest BCUT2D eigenvalue weighted by Gasteiger charge is -2.16. The zero-order valence-corrected chi connectivity index (χ0v) is 11.6. The third-order valence-electron chi connectivity index (χ3n) is 2.74. The molecular weight excluding hydrogens is 246 g/mol. The number of carboxylic acids is 1. The van der Waals surface area contributed by atoms with Crippen molar-refractivity contribution in [2.45, 2.75) is 39.2 Å². The molecule has 1 rings (SSSR count). The van der Waals surface area contributed by atoms with E-state index < -0.39 is 12.0 Å². The number of rotatable bonds is 7. The molecule has 0 bridgehead atoms. The summed E-state index contributed by atoms with van der Waals surface area (Å²) < 4.78 is 1.67. The van der Waals surface area contributed by atoms with Gasteiger partial charge >= 0.3 is 5.97 Å². The van der Waals surface area contributed by atoms with Crippen LogP contribution in [0.15, 0.2) is 12.4 Å². The van der Waals surface area contributed by atoms with E-state index in [0.717, 1.165) is 5.56 Å². The standard InChI is InChI=1S/C13H21N3O3/c1-9(2)6-11(13(18)19)15-12(17)5-4-10-7-14-16(3)8-10/h7-9,11H,4-6H2,1-3H3,(H,15,17)(H,18,19)/t11-/m1/s1. The van der Waals surface area contributed by atoms with Crippen molar-refractivity contribution in [3.63, 3.8) is 0 Å². The lowest BCUT2D eigenvalue weighted by atomic mass is 10.0. The van der Waals surface area contributed by atoms with Crippen LogP contribution in [-0.2, 0) is 23.1 Å². The minimum Gasteiger partial charge on any atom is -0.480 e. The zero-order valence-electron chi connectivity index (χ0n) is 11.6. The van der Waals surface area contributed by atoms with E-state index in [2.05, 4.69) is 10.4 Å². The number of hydrogen-bond donors (Lipinski definition) is 2. The number of carbonyl (C=O) groups excluding carboxylic acids is 1. The van der Waals surface area contributed by atoms with E-state index >= 15 is 0 Å². The average molecular weight is 267 g/mol. The number of amides is 1. The molecule has 1 amide bonds. The van der Waals surface area contributed by atoms with Gasteiger partial charge in [-0.3, -0.25) is 9.48 Å². The molecule has 0 spiro atoms. The Morgan fingerprint density at radius 2 is 2.16 bits per heavy atom. The largest absolute Gasteiger partial charge is 0.480 e. The maximum absolute atomic E-state index is 11.7. The van der Waals surface area contributed by atoms with Crippen LogP contribution in [0.3, 0.4) is 0 Å². The van der Waals surface area contributed by atoms with Gasteiger partial charge in [-0.2, -0.15) is 5.10 Å². The quantitative estimate of drug-likeness (QED) is 0.771. The molecule has 6 heteroatoms. The van der Waals surface area contributed by atoms with Crippen molar-refractivity contribution in [2.75, 3.05) is 0 Å². The van der Waals surface area contributed by atoms with Gasteiger partial charge in [-0.25, -0.2) is 4.79 Å². The van der Waals surface area contributed by atoms with E-state index in [1.165, 1.54) is 0 Å². The summed E-state index contributed by atoms with van der Waals surface area (Å²) in [5, 5.41) is 15.6. The summed E-state index contributed by atoms with van der Waals surface area (Å²) in [5.74, 6) is -1.000. The van der Waals surface area contributed by atoms with Crippen molar-refractivity contribution in [3.05, 3.63) is 18.0 Å². The van der Waals surface area contributed by atoms with Crippen LogP contribution in [0.5, 0.6) is 0 Å². The Hall–Kier alpha value is -1.85. The van der Waals surface area contributed by atoms with Gasteiger partial charge in [0.1, 0.15) is 6.04 Å². The third kappa shape index (κ3) is 5.54. The molecular formula is C13H21N3O3. The lowest BCUT2D eigenvalue weighted by Crippen LogP contribution is -2.41. The van der Waals surface area contributed by atoms with Crippen LogP contribution < -0.4 is 5.32 Å². The SMILES string of the molecule is CC(C)C[C@@H](NC(=O)CCc1cnn(C)c1)C(=O)O. The minimum absolute atomic E-state index is 0.222.